The second-order valence-corrected chi connectivity index (χ2v) is 7.48. The van der Waals surface area contributed by atoms with E-state index in [1.54, 1.807) is 0 Å². The average Bonchev–Trinajstić information content (AvgIpc) is 3.33. The Kier molecular flexibility index (Phi) is 4.50. The van der Waals surface area contributed by atoms with E-state index in [4.69, 9.17) is 4.98 Å². The van der Waals surface area contributed by atoms with E-state index in [1.807, 2.05) is 6.92 Å². The summed E-state index contributed by atoms with van der Waals surface area (Å²) in [4.78, 5) is 21.8. The van der Waals surface area contributed by atoms with Gasteiger partial charge in [-0.1, -0.05) is 13.0 Å². The number of nitrogens with zero attached hydrogens (tertiary/aromatic N) is 4. The molecule has 25 heavy (non-hydrogen) atoms. The molecule has 134 valence electrons. The summed E-state index contributed by atoms with van der Waals surface area (Å²) in [5.41, 5.74) is 3.40. The number of pyridine rings is 1. The van der Waals surface area contributed by atoms with Crippen LogP contribution in [-0.2, 0) is 11.3 Å². The van der Waals surface area contributed by atoms with Crippen LogP contribution in [0.25, 0.3) is 5.65 Å². The zero-order valence-electron chi connectivity index (χ0n) is 15.3. The fourth-order valence-electron chi connectivity index (χ4n) is 4.68. The highest BCUT2D eigenvalue weighted by Crippen LogP contribution is 2.31. The monoisotopic (exact) mass is 340 g/mol. The molecule has 0 bridgehead atoms. The Morgan fingerprint density at radius 1 is 1.24 bits per heavy atom. The van der Waals surface area contributed by atoms with Crippen molar-refractivity contribution in [1.29, 1.82) is 0 Å². The minimum Gasteiger partial charge on any atom is -0.338 e. The number of aryl methyl sites for hydroxylation is 1. The second-order valence-electron chi connectivity index (χ2n) is 7.48. The number of rotatable bonds is 4. The van der Waals surface area contributed by atoms with Crippen LogP contribution in [0.5, 0.6) is 0 Å². The van der Waals surface area contributed by atoms with Crippen molar-refractivity contribution in [1.82, 2.24) is 19.2 Å². The van der Waals surface area contributed by atoms with E-state index >= 15 is 0 Å². The lowest BCUT2D eigenvalue weighted by Crippen LogP contribution is -2.47. The van der Waals surface area contributed by atoms with Crippen molar-refractivity contribution in [2.75, 3.05) is 13.1 Å². The van der Waals surface area contributed by atoms with Gasteiger partial charge in [0.2, 0.25) is 5.91 Å². The van der Waals surface area contributed by atoms with Crippen LogP contribution in [0.1, 0.15) is 50.3 Å². The van der Waals surface area contributed by atoms with E-state index in [1.165, 1.54) is 18.4 Å². The fourth-order valence-corrected chi connectivity index (χ4v) is 4.68. The summed E-state index contributed by atoms with van der Waals surface area (Å²) in [6.45, 7) is 7.02. The molecule has 0 unspecified atom stereocenters. The van der Waals surface area contributed by atoms with Crippen molar-refractivity contribution in [3.05, 3.63) is 35.8 Å². The van der Waals surface area contributed by atoms with E-state index in [0.29, 0.717) is 24.4 Å². The van der Waals surface area contributed by atoms with Gasteiger partial charge in [0, 0.05) is 44.0 Å². The topological polar surface area (TPSA) is 40.9 Å². The Bertz CT molecular complexity index is 768. The average molecular weight is 340 g/mol. The lowest BCUT2D eigenvalue weighted by Gasteiger charge is -2.34. The third-order valence-corrected chi connectivity index (χ3v) is 5.87. The lowest BCUT2D eigenvalue weighted by atomic mass is 10.0. The number of likely N-dealkylation sites (tertiary alicyclic amines) is 2. The molecule has 0 radical (unpaired) electrons. The van der Waals surface area contributed by atoms with Gasteiger partial charge in [0.25, 0.3) is 0 Å². The molecule has 0 saturated carbocycles. The second kappa shape index (κ2) is 6.79. The van der Waals surface area contributed by atoms with Gasteiger partial charge in [-0.25, -0.2) is 4.98 Å². The zero-order chi connectivity index (χ0) is 17.4. The van der Waals surface area contributed by atoms with Crippen LogP contribution >= 0.6 is 0 Å². The van der Waals surface area contributed by atoms with Crippen molar-refractivity contribution < 1.29 is 4.79 Å². The quantitative estimate of drug-likeness (QED) is 0.859. The van der Waals surface area contributed by atoms with Gasteiger partial charge in [-0.05, 0) is 50.8 Å². The molecule has 0 aliphatic carbocycles. The molecule has 2 aliphatic rings. The Hall–Kier alpha value is -1.88. The molecule has 2 saturated heterocycles. The van der Waals surface area contributed by atoms with E-state index in [9.17, 15) is 4.79 Å². The van der Waals surface area contributed by atoms with Gasteiger partial charge in [-0.3, -0.25) is 9.69 Å². The largest absolute Gasteiger partial charge is 0.338 e. The summed E-state index contributed by atoms with van der Waals surface area (Å²) in [7, 11) is 0. The molecule has 2 atom stereocenters. The van der Waals surface area contributed by atoms with Crippen LogP contribution in [0.15, 0.2) is 24.5 Å². The van der Waals surface area contributed by atoms with Crippen LogP contribution in [0.2, 0.25) is 0 Å². The highest BCUT2D eigenvalue weighted by atomic mass is 16.2. The number of carbonyl (C=O) groups excluding carboxylic acids is 1. The highest BCUT2D eigenvalue weighted by molar-refractivity contribution is 5.76. The number of hydrogen-bond acceptors (Lipinski definition) is 3. The molecule has 2 aliphatic heterocycles. The fraction of sp³-hybridized carbons (Fsp3) is 0.600. The third-order valence-electron chi connectivity index (χ3n) is 5.87. The highest BCUT2D eigenvalue weighted by Gasteiger charge is 2.39. The summed E-state index contributed by atoms with van der Waals surface area (Å²) >= 11 is 0. The Balaban J connectivity index is 1.53. The Morgan fingerprint density at radius 2 is 2.04 bits per heavy atom. The molecule has 0 N–H and O–H groups in total. The number of amides is 1. The van der Waals surface area contributed by atoms with Crippen molar-refractivity contribution in [3.63, 3.8) is 0 Å². The molecule has 4 heterocycles. The lowest BCUT2D eigenvalue weighted by molar-refractivity contribution is -0.132. The first-order valence-electron chi connectivity index (χ1n) is 9.64. The number of fused-ring (bicyclic) bond motifs is 1. The number of aromatic nitrogens is 2. The van der Waals surface area contributed by atoms with E-state index in [2.05, 4.69) is 45.7 Å². The zero-order valence-corrected chi connectivity index (χ0v) is 15.3. The Labute approximate surface area is 149 Å². The molecule has 1 amide bonds. The van der Waals surface area contributed by atoms with Gasteiger partial charge in [-0.2, -0.15) is 0 Å². The Morgan fingerprint density at radius 3 is 2.84 bits per heavy atom. The van der Waals surface area contributed by atoms with Crippen LogP contribution in [0.3, 0.4) is 0 Å². The maximum Gasteiger partial charge on any atom is 0.222 e. The molecular weight excluding hydrogens is 312 g/mol. The molecule has 5 nitrogen and oxygen atoms in total. The third kappa shape index (κ3) is 3.06. The first kappa shape index (κ1) is 16.6. The van der Waals surface area contributed by atoms with Crippen molar-refractivity contribution in [2.24, 2.45) is 0 Å². The van der Waals surface area contributed by atoms with Gasteiger partial charge in [-0.15, -0.1) is 0 Å². The predicted molar refractivity (Wildman–Crippen MR) is 98.4 cm³/mol. The number of hydrogen-bond donors (Lipinski definition) is 0. The molecule has 0 spiro atoms. The predicted octanol–water partition coefficient (Wildman–Crippen LogP) is 3.01. The standard InChI is InChI=1S/C20H28N4O/c1-3-19(25)24-12-6-9-18(24)17-8-5-10-22(17)13-16-14-23-11-4-7-15(2)20(23)21-16/h4,7,11,14,17-18H,3,5-6,8-10,12-13H2,1-2H3/t17-,18+/m0/s1. The summed E-state index contributed by atoms with van der Waals surface area (Å²) in [5.74, 6) is 0.317. The van der Waals surface area contributed by atoms with Crippen molar-refractivity contribution in [2.45, 2.75) is 64.6 Å². The van der Waals surface area contributed by atoms with Crippen molar-refractivity contribution >= 4 is 11.6 Å². The van der Waals surface area contributed by atoms with E-state index in [0.717, 1.165) is 43.8 Å². The number of imidazole rings is 1. The van der Waals surface area contributed by atoms with E-state index < -0.39 is 0 Å². The van der Waals surface area contributed by atoms with Crippen LogP contribution in [0, 0.1) is 6.92 Å². The molecule has 2 fully saturated rings. The van der Waals surface area contributed by atoms with Crippen LogP contribution in [-0.4, -0.2) is 50.3 Å². The van der Waals surface area contributed by atoms with Gasteiger partial charge < -0.3 is 9.30 Å². The summed E-state index contributed by atoms with van der Waals surface area (Å²) in [5, 5.41) is 0. The van der Waals surface area contributed by atoms with Gasteiger partial charge in [0.05, 0.1) is 5.69 Å². The first-order valence-corrected chi connectivity index (χ1v) is 9.64. The summed E-state index contributed by atoms with van der Waals surface area (Å²) in [6.07, 6.45) is 9.56. The van der Waals surface area contributed by atoms with Gasteiger partial charge >= 0.3 is 0 Å². The number of carbonyl (C=O) groups is 1. The maximum absolute atomic E-state index is 12.3. The molecule has 5 heteroatoms. The summed E-state index contributed by atoms with van der Waals surface area (Å²) in [6, 6.07) is 5.06. The SMILES string of the molecule is CCC(=O)N1CCC[C@@H]1[C@@H]1CCCN1Cc1cn2cccc(C)c2n1. The molecule has 2 aromatic rings. The molecule has 4 rings (SSSR count). The minimum atomic E-state index is 0.317. The van der Waals surface area contributed by atoms with Gasteiger partial charge in [0.15, 0.2) is 0 Å². The summed E-state index contributed by atoms with van der Waals surface area (Å²) < 4.78 is 2.12. The molecule has 2 aromatic heterocycles. The van der Waals surface area contributed by atoms with E-state index in [-0.39, 0.29) is 0 Å². The first-order chi connectivity index (χ1) is 12.2. The van der Waals surface area contributed by atoms with Crippen LogP contribution < -0.4 is 0 Å². The molecular formula is C20H28N4O. The van der Waals surface area contributed by atoms with Gasteiger partial charge in [0.1, 0.15) is 5.65 Å². The van der Waals surface area contributed by atoms with Crippen LogP contribution in [0.4, 0.5) is 0 Å². The molecule has 0 aromatic carbocycles. The minimum absolute atomic E-state index is 0.317. The normalized spacial score (nSPS) is 24.5. The smallest absolute Gasteiger partial charge is 0.222 e. The maximum atomic E-state index is 12.3. The van der Waals surface area contributed by atoms with Crippen molar-refractivity contribution in [3.8, 4) is 0 Å².